The highest BCUT2D eigenvalue weighted by atomic mass is 32.2. The fourth-order valence-electron chi connectivity index (χ4n) is 2.29. The number of hydrogen-bond acceptors (Lipinski definition) is 9. The topological polar surface area (TPSA) is 148 Å². The number of thioether (sulfide) groups is 1. The number of nitrogens with one attached hydrogen (secondary N) is 1. The van der Waals surface area contributed by atoms with Crippen molar-refractivity contribution < 1.29 is 25.5 Å². The molecule has 2 aromatic rings. The molecule has 0 aromatic carbocycles. The van der Waals surface area contributed by atoms with Crippen molar-refractivity contribution in [2.75, 3.05) is 12.4 Å². The fourth-order valence-corrected chi connectivity index (χ4v) is 3.51. The third kappa shape index (κ3) is 3.77. The summed E-state index contributed by atoms with van der Waals surface area (Å²) in [6.07, 6.45) is -3.49. The Balaban J connectivity index is 2.37. The van der Waals surface area contributed by atoms with Crippen molar-refractivity contribution in [1.29, 1.82) is 0 Å². The Hall–Kier alpha value is -1.08. The summed E-state index contributed by atoms with van der Waals surface area (Å²) in [5, 5.41) is 48.1. The number of hydrogen-bond donors (Lipinski definition) is 6. The molecule has 2 aromatic heterocycles. The molecule has 0 bridgehead atoms. The quantitative estimate of drug-likeness (QED) is 0.325. The molecule has 2 heterocycles. The van der Waals surface area contributed by atoms with E-state index in [0.717, 1.165) is 0 Å². The highest BCUT2D eigenvalue weighted by Crippen LogP contribution is 2.31. The number of aliphatic hydroxyl groups is 5. The van der Waals surface area contributed by atoms with Crippen LogP contribution in [0.5, 0.6) is 0 Å². The first-order valence-corrected chi connectivity index (χ1v) is 8.73. The Kier molecular flexibility index (Phi) is 6.69. The van der Waals surface area contributed by atoms with E-state index in [1.165, 1.54) is 24.4 Å². The Morgan fingerprint density at radius 2 is 1.92 bits per heavy atom. The van der Waals surface area contributed by atoms with Gasteiger partial charge in [-0.1, -0.05) is 19.1 Å². The summed E-state index contributed by atoms with van der Waals surface area (Å²) >= 11 is 6.41. The highest BCUT2D eigenvalue weighted by Gasteiger charge is 2.36. The van der Waals surface area contributed by atoms with Gasteiger partial charge in [0, 0.05) is 0 Å². The van der Waals surface area contributed by atoms with E-state index in [2.05, 4.69) is 15.0 Å². The van der Waals surface area contributed by atoms with Crippen molar-refractivity contribution >= 4 is 35.1 Å². The molecule has 2 rings (SSSR count). The van der Waals surface area contributed by atoms with Crippen molar-refractivity contribution in [2.45, 2.75) is 36.7 Å². The lowest BCUT2D eigenvalue weighted by atomic mass is 10.0. The summed E-state index contributed by atoms with van der Waals surface area (Å²) in [5.41, 5.74) is 0.969. The molecule has 0 fully saturated rings. The molecule has 0 aliphatic heterocycles. The molecule has 0 saturated carbocycles. The second kappa shape index (κ2) is 8.34. The van der Waals surface area contributed by atoms with Crippen molar-refractivity contribution in [3.8, 4) is 0 Å². The predicted octanol–water partition coefficient (Wildman–Crippen LogP) is -0.824. The zero-order chi connectivity index (χ0) is 17.9. The van der Waals surface area contributed by atoms with Crippen LogP contribution in [0.2, 0.25) is 0 Å². The van der Waals surface area contributed by atoms with Gasteiger partial charge in [-0.3, -0.25) is 0 Å². The first kappa shape index (κ1) is 19.2. The summed E-state index contributed by atoms with van der Waals surface area (Å²) in [6, 6.07) is 0. The average Bonchev–Trinajstić information content (AvgIpc) is 3.02. The smallest absolute Gasteiger partial charge is 0.157 e. The molecule has 9 nitrogen and oxygen atoms in total. The van der Waals surface area contributed by atoms with Crippen molar-refractivity contribution in [3.05, 3.63) is 17.3 Å². The van der Waals surface area contributed by atoms with E-state index in [-0.39, 0.29) is 0 Å². The van der Waals surface area contributed by atoms with E-state index < -0.39 is 36.4 Å². The molecule has 5 unspecified atom stereocenters. The van der Waals surface area contributed by atoms with Gasteiger partial charge < -0.3 is 35.1 Å². The second-order valence-corrected chi connectivity index (χ2v) is 6.90. The first-order valence-electron chi connectivity index (χ1n) is 7.27. The van der Waals surface area contributed by atoms with Crippen molar-refractivity contribution in [3.63, 3.8) is 0 Å². The minimum Gasteiger partial charge on any atom is -0.394 e. The van der Waals surface area contributed by atoms with Gasteiger partial charge in [0.05, 0.1) is 19.3 Å². The minimum absolute atomic E-state index is 0.300. The monoisotopic (exact) mass is 376 g/mol. The van der Waals surface area contributed by atoms with Crippen LogP contribution in [0.15, 0.2) is 12.7 Å². The zero-order valence-electron chi connectivity index (χ0n) is 12.8. The van der Waals surface area contributed by atoms with Gasteiger partial charge in [-0.05, 0) is 5.75 Å². The number of fused-ring (bicyclic) bond motifs is 1. The lowest BCUT2D eigenvalue weighted by molar-refractivity contribution is -0.118. The van der Waals surface area contributed by atoms with E-state index in [4.69, 9.17) is 17.3 Å². The lowest BCUT2D eigenvalue weighted by Crippen LogP contribution is -2.48. The Labute approximate surface area is 147 Å². The van der Waals surface area contributed by atoms with Crippen LogP contribution in [0.1, 0.15) is 12.3 Å². The van der Waals surface area contributed by atoms with Crippen LogP contribution in [0, 0.1) is 4.64 Å². The standard InChI is InChI=1S/C13H20N4O5S2/c1-2-24-13(10(22)9(21)8(20)6(19)3-18)17-5-16-7-11(17)14-4-15-12(7)23/h4-6,8-10,13,18-22H,2-3H2,1H3,(H,14,15,23). The van der Waals surface area contributed by atoms with Crippen LogP contribution >= 0.6 is 24.0 Å². The molecule has 11 heteroatoms. The predicted molar refractivity (Wildman–Crippen MR) is 91.0 cm³/mol. The second-order valence-electron chi connectivity index (χ2n) is 5.12. The summed E-state index contributed by atoms with van der Waals surface area (Å²) in [6.45, 7) is 1.14. The molecule has 0 amide bonds. The Bertz CT molecular complexity index is 724. The number of H-pyrrole nitrogens is 1. The molecule has 0 aliphatic rings. The van der Waals surface area contributed by atoms with Gasteiger partial charge in [-0.15, -0.1) is 11.8 Å². The average molecular weight is 376 g/mol. The number of rotatable bonds is 8. The molecule has 6 N–H and O–H groups in total. The Morgan fingerprint density at radius 3 is 2.54 bits per heavy atom. The maximum Gasteiger partial charge on any atom is 0.157 e. The van der Waals surface area contributed by atoms with Crippen LogP contribution in [-0.4, -0.2) is 81.8 Å². The van der Waals surface area contributed by atoms with Crippen LogP contribution in [0.4, 0.5) is 0 Å². The minimum atomic E-state index is -1.69. The third-order valence-corrected chi connectivity index (χ3v) is 5.04. The zero-order valence-corrected chi connectivity index (χ0v) is 14.5. The molecule has 0 saturated heterocycles. The molecule has 0 spiro atoms. The van der Waals surface area contributed by atoms with Gasteiger partial charge in [0.1, 0.15) is 41.0 Å². The van der Waals surface area contributed by atoms with Crippen LogP contribution in [-0.2, 0) is 0 Å². The fraction of sp³-hybridized carbons (Fsp3) is 0.615. The first-order chi connectivity index (χ1) is 11.4. The molecular weight excluding hydrogens is 356 g/mol. The largest absolute Gasteiger partial charge is 0.394 e. The van der Waals surface area contributed by atoms with E-state index in [1.807, 2.05) is 6.92 Å². The van der Waals surface area contributed by atoms with E-state index in [9.17, 15) is 20.4 Å². The normalized spacial score (nSPS) is 18.2. The summed E-state index contributed by atoms with van der Waals surface area (Å²) in [5.74, 6) is 0.610. The van der Waals surface area contributed by atoms with Gasteiger partial charge in [-0.25, -0.2) is 9.97 Å². The molecule has 24 heavy (non-hydrogen) atoms. The maximum atomic E-state index is 10.5. The SMILES string of the molecule is CCSC(C(O)C(O)C(O)C(O)CO)n1cnc2c(=S)nc[nH]c21. The van der Waals surface area contributed by atoms with Crippen LogP contribution in [0.3, 0.4) is 0 Å². The van der Waals surface area contributed by atoms with Crippen LogP contribution < -0.4 is 0 Å². The lowest BCUT2D eigenvalue weighted by Gasteiger charge is -2.31. The number of aromatic nitrogens is 4. The summed E-state index contributed by atoms with van der Waals surface area (Å²) in [4.78, 5) is 11.0. The van der Waals surface area contributed by atoms with Gasteiger partial charge >= 0.3 is 0 Å². The number of aromatic amines is 1. The summed E-state index contributed by atoms with van der Waals surface area (Å²) < 4.78 is 1.89. The van der Waals surface area contributed by atoms with Crippen molar-refractivity contribution in [2.24, 2.45) is 0 Å². The molecule has 134 valence electrons. The van der Waals surface area contributed by atoms with Crippen LogP contribution in [0.25, 0.3) is 11.2 Å². The third-order valence-electron chi connectivity index (χ3n) is 3.56. The summed E-state index contributed by atoms with van der Waals surface area (Å²) in [7, 11) is 0. The Morgan fingerprint density at radius 1 is 1.21 bits per heavy atom. The molecular formula is C13H20N4O5S2. The van der Waals surface area contributed by atoms with Gasteiger partial charge in [0.25, 0.3) is 0 Å². The number of aliphatic hydroxyl groups excluding tert-OH is 5. The molecule has 5 atom stereocenters. The van der Waals surface area contributed by atoms with E-state index >= 15 is 0 Å². The van der Waals surface area contributed by atoms with E-state index in [0.29, 0.717) is 21.6 Å². The van der Waals surface area contributed by atoms with E-state index in [1.54, 1.807) is 4.57 Å². The highest BCUT2D eigenvalue weighted by molar-refractivity contribution is 7.99. The van der Waals surface area contributed by atoms with Gasteiger partial charge in [-0.2, -0.15) is 0 Å². The van der Waals surface area contributed by atoms with Gasteiger partial charge in [0.2, 0.25) is 0 Å². The van der Waals surface area contributed by atoms with Gasteiger partial charge in [0.15, 0.2) is 4.64 Å². The maximum absolute atomic E-state index is 10.5. The van der Waals surface area contributed by atoms with Crippen molar-refractivity contribution in [1.82, 2.24) is 19.5 Å². The number of imidazole rings is 1. The molecule has 0 aliphatic carbocycles. The number of nitrogens with zero attached hydrogens (tertiary/aromatic N) is 3. The molecule has 0 radical (unpaired) electrons.